The third kappa shape index (κ3) is 1.97. The van der Waals surface area contributed by atoms with Gasteiger partial charge in [0.2, 0.25) is 0 Å². The molecular formula is C21H30N2. The summed E-state index contributed by atoms with van der Waals surface area (Å²) in [6, 6.07) is 9.42. The molecule has 0 radical (unpaired) electrons. The third-order valence-corrected chi connectivity index (χ3v) is 6.19. The van der Waals surface area contributed by atoms with E-state index in [4.69, 9.17) is 0 Å². The zero-order valence-electron chi connectivity index (χ0n) is 15.5. The number of aromatic amines is 1. The molecule has 3 heterocycles. The molecule has 0 saturated carbocycles. The molecule has 124 valence electrons. The molecule has 0 amide bonds. The molecule has 4 rings (SSSR count). The van der Waals surface area contributed by atoms with Crippen LogP contribution >= 0.6 is 0 Å². The topological polar surface area (TPSA) is 19.0 Å². The summed E-state index contributed by atoms with van der Waals surface area (Å²) < 4.78 is 0. The molecule has 2 heteroatoms. The fourth-order valence-corrected chi connectivity index (χ4v) is 6.67. The van der Waals surface area contributed by atoms with Crippen molar-refractivity contribution in [1.29, 1.82) is 0 Å². The van der Waals surface area contributed by atoms with Crippen LogP contribution in [0.5, 0.6) is 0 Å². The van der Waals surface area contributed by atoms with Gasteiger partial charge in [0.05, 0.1) is 0 Å². The second-order valence-electron chi connectivity index (χ2n) is 9.45. The minimum absolute atomic E-state index is 0.109. The summed E-state index contributed by atoms with van der Waals surface area (Å²) >= 11 is 0. The van der Waals surface area contributed by atoms with Crippen LogP contribution in [0.15, 0.2) is 24.3 Å². The van der Waals surface area contributed by atoms with Crippen molar-refractivity contribution in [2.24, 2.45) is 5.41 Å². The van der Waals surface area contributed by atoms with E-state index in [1.807, 2.05) is 0 Å². The summed E-state index contributed by atoms with van der Waals surface area (Å²) in [7, 11) is 0. The lowest BCUT2D eigenvalue weighted by molar-refractivity contribution is -0.126. The lowest BCUT2D eigenvalue weighted by atomic mass is 9.58. The Balaban J connectivity index is 2.04. The van der Waals surface area contributed by atoms with Gasteiger partial charge in [-0.05, 0) is 52.0 Å². The van der Waals surface area contributed by atoms with E-state index in [1.165, 1.54) is 29.4 Å². The molecule has 1 aromatic carbocycles. The van der Waals surface area contributed by atoms with Crippen LogP contribution in [0.25, 0.3) is 10.9 Å². The minimum Gasteiger partial charge on any atom is -0.358 e. The van der Waals surface area contributed by atoms with Gasteiger partial charge in [0.25, 0.3) is 0 Å². The number of nitrogens with zero attached hydrogens (tertiary/aromatic N) is 1. The average molecular weight is 310 g/mol. The highest BCUT2D eigenvalue weighted by Gasteiger charge is 2.58. The molecule has 1 saturated heterocycles. The van der Waals surface area contributed by atoms with Crippen molar-refractivity contribution in [3.63, 3.8) is 0 Å². The van der Waals surface area contributed by atoms with Gasteiger partial charge in [-0.15, -0.1) is 0 Å². The van der Waals surface area contributed by atoms with E-state index in [-0.39, 0.29) is 11.1 Å². The Hall–Kier alpha value is -1.28. The zero-order chi connectivity index (χ0) is 16.6. The highest BCUT2D eigenvalue weighted by atomic mass is 15.3. The smallest absolute Gasteiger partial charge is 0.0469 e. The van der Waals surface area contributed by atoms with Gasteiger partial charge in [0.15, 0.2) is 0 Å². The number of hydrogen-bond donors (Lipinski definition) is 1. The summed E-state index contributed by atoms with van der Waals surface area (Å²) in [6.07, 6.45) is 3.62. The van der Waals surface area contributed by atoms with Crippen LogP contribution in [-0.2, 0) is 12.0 Å². The van der Waals surface area contributed by atoms with Crippen molar-refractivity contribution in [1.82, 2.24) is 9.88 Å². The normalized spacial score (nSPS) is 33.2. The SMILES string of the molecule is CC(C)N1C2(C)Cc3[nH]c4ccccc4c3C1(C)CC(C)(C)C2. The molecule has 2 aliphatic rings. The number of piperidine rings is 1. The van der Waals surface area contributed by atoms with E-state index >= 15 is 0 Å². The summed E-state index contributed by atoms with van der Waals surface area (Å²) in [5.74, 6) is 0. The summed E-state index contributed by atoms with van der Waals surface area (Å²) in [6.45, 7) is 14.6. The standard InChI is InChI=1S/C21H30N2/c1-14(2)23-20(5)11-17-18(15-9-7-8-10-16(15)22-17)21(23,6)13-19(3,4)12-20/h7-10,14,22H,11-13H2,1-6H3. The number of nitrogens with one attached hydrogen (secondary N) is 1. The van der Waals surface area contributed by atoms with Gasteiger partial charge in [0, 0.05) is 45.7 Å². The molecule has 2 aliphatic heterocycles. The van der Waals surface area contributed by atoms with E-state index in [0.29, 0.717) is 11.5 Å². The predicted octanol–water partition coefficient (Wildman–Crippen LogP) is 5.23. The maximum Gasteiger partial charge on any atom is 0.0469 e. The first-order chi connectivity index (χ1) is 10.7. The van der Waals surface area contributed by atoms with E-state index in [2.05, 4.69) is 75.7 Å². The van der Waals surface area contributed by atoms with Crippen LogP contribution in [0.3, 0.4) is 0 Å². The molecule has 2 nitrogen and oxygen atoms in total. The third-order valence-electron chi connectivity index (χ3n) is 6.19. The largest absolute Gasteiger partial charge is 0.358 e. The Bertz CT molecular complexity index is 769. The first kappa shape index (κ1) is 15.3. The Kier molecular flexibility index (Phi) is 2.93. The number of fused-ring (bicyclic) bond motifs is 6. The first-order valence-electron chi connectivity index (χ1n) is 9.06. The van der Waals surface area contributed by atoms with Crippen LogP contribution in [-0.4, -0.2) is 21.5 Å². The molecule has 2 bridgehead atoms. The number of H-pyrrole nitrogens is 1. The van der Waals surface area contributed by atoms with Crippen molar-refractivity contribution in [3.8, 4) is 0 Å². The fourth-order valence-electron chi connectivity index (χ4n) is 6.67. The number of aromatic nitrogens is 1. The van der Waals surface area contributed by atoms with E-state index in [9.17, 15) is 0 Å². The number of rotatable bonds is 1. The molecule has 1 aromatic heterocycles. The summed E-state index contributed by atoms with van der Waals surface area (Å²) in [5.41, 5.74) is 5.06. The van der Waals surface area contributed by atoms with Crippen LogP contribution in [0, 0.1) is 5.41 Å². The van der Waals surface area contributed by atoms with E-state index in [0.717, 1.165) is 6.42 Å². The number of hydrogen-bond acceptors (Lipinski definition) is 1. The van der Waals surface area contributed by atoms with Crippen LogP contribution in [0.2, 0.25) is 0 Å². The van der Waals surface area contributed by atoms with Crippen molar-refractivity contribution < 1.29 is 0 Å². The number of para-hydroxylation sites is 1. The zero-order valence-corrected chi connectivity index (χ0v) is 15.5. The first-order valence-corrected chi connectivity index (χ1v) is 9.06. The van der Waals surface area contributed by atoms with Gasteiger partial charge in [-0.2, -0.15) is 0 Å². The highest BCUT2D eigenvalue weighted by Crippen LogP contribution is 2.58. The van der Waals surface area contributed by atoms with Gasteiger partial charge >= 0.3 is 0 Å². The van der Waals surface area contributed by atoms with Crippen molar-refractivity contribution >= 4 is 10.9 Å². The maximum atomic E-state index is 3.76. The monoisotopic (exact) mass is 310 g/mol. The van der Waals surface area contributed by atoms with Gasteiger partial charge < -0.3 is 4.98 Å². The van der Waals surface area contributed by atoms with Crippen LogP contribution in [0.4, 0.5) is 0 Å². The lowest BCUT2D eigenvalue weighted by Gasteiger charge is -2.64. The van der Waals surface area contributed by atoms with Gasteiger partial charge in [-0.25, -0.2) is 0 Å². The predicted molar refractivity (Wildman–Crippen MR) is 97.7 cm³/mol. The van der Waals surface area contributed by atoms with Gasteiger partial charge in [0.1, 0.15) is 0 Å². The molecule has 2 unspecified atom stereocenters. The fraction of sp³-hybridized carbons (Fsp3) is 0.619. The van der Waals surface area contributed by atoms with E-state index < -0.39 is 0 Å². The summed E-state index contributed by atoms with van der Waals surface area (Å²) in [5, 5.41) is 1.43. The molecule has 23 heavy (non-hydrogen) atoms. The van der Waals surface area contributed by atoms with Crippen LogP contribution in [0.1, 0.15) is 65.6 Å². The molecule has 1 fully saturated rings. The second-order valence-corrected chi connectivity index (χ2v) is 9.45. The Labute approximate surface area is 140 Å². The quantitative estimate of drug-likeness (QED) is 0.764. The Morgan fingerprint density at radius 3 is 2.43 bits per heavy atom. The molecule has 2 aromatic rings. The summed E-state index contributed by atoms with van der Waals surface area (Å²) in [4.78, 5) is 6.58. The minimum atomic E-state index is 0.109. The van der Waals surface area contributed by atoms with E-state index in [1.54, 1.807) is 5.56 Å². The Morgan fingerprint density at radius 1 is 1.04 bits per heavy atom. The van der Waals surface area contributed by atoms with Crippen LogP contribution < -0.4 is 0 Å². The second kappa shape index (κ2) is 4.42. The molecule has 2 atom stereocenters. The molecule has 0 aliphatic carbocycles. The lowest BCUT2D eigenvalue weighted by Crippen LogP contribution is -2.68. The van der Waals surface area contributed by atoms with Crippen molar-refractivity contribution in [2.75, 3.05) is 0 Å². The van der Waals surface area contributed by atoms with Crippen molar-refractivity contribution in [2.45, 2.75) is 77.9 Å². The van der Waals surface area contributed by atoms with Crippen molar-refractivity contribution in [3.05, 3.63) is 35.5 Å². The molecular weight excluding hydrogens is 280 g/mol. The van der Waals surface area contributed by atoms with Gasteiger partial charge in [-0.1, -0.05) is 32.0 Å². The molecule has 1 N–H and O–H groups in total. The van der Waals surface area contributed by atoms with Gasteiger partial charge in [-0.3, -0.25) is 4.90 Å². The highest BCUT2D eigenvalue weighted by molar-refractivity contribution is 5.86. The number of benzene rings is 1. The molecule has 0 spiro atoms. The Morgan fingerprint density at radius 2 is 1.74 bits per heavy atom. The maximum absolute atomic E-state index is 3.76. The average Bonchev–Trinajstić information content (AvgIpc) is 2.72.